The number of benzene rings is 3. The van der Waals surface area contributed by atoms with Gasteiger partial charge in [0.1, 0.15) is 0 Å². The van der Waals surface area contributed by atoms with Crippen LogP contribution in [0.4, 0.5) is 0 Å². The van der Waals surface area contributed by atoms with Crippen molar-refractivity contribution in [3.05, 3.63) is 53.1 Å². The Balaban J connectivity index is 2.40. The van der Waals surface area contributed by atoms with Crippen LogP contribution in [-0.2, 0) is 0 Å². The highest BCUT2D eigenvalue weighted by Gasteiger charge is 2.26. The first-order chi connectivity index (χ1) is 16.3. The average Bonchev–Trinajstić information content (AvgIpc) is 2.86. The summed E-state index contributed by atoms with van der Waals surface area (Å²) >= 11 is 0. The Morgan fingerprint density at radius 1 is 0.412 bits per heavy atom. The number of methoxy groups -OCH3 is 6. The molecular formula is C25H28O9. The topological polar surface area (TPSA) is 116 Å². The molecule has 0 spiro atoms. The van der Waals surface area contributed by atoms with E-state index in [4.69, 9.17) is 28.4 Å². The molecule has 182 valence electrons. The molecule has 0 aromatic heterocycles. The van der Waals surface area contributed by atoms with Crippen molar-refractivity contribution in [2.24, 2.45) is 0 Å². The maximum absolute atomic E-state index is 10.4. The SMILES string of the molecule is COc1cc(C(c2cc(OC)c(O)c(OC)c2)c2cc(OC)c(O)c(OC)c2)cc(OC)c1O. The number of rotatable bonds is 9. The van der Waals surface area contributed by atoms with Gasteiger partial charge in [-0.05, 0) is 53.1 Å². The molecule has 3 aromatic carbocycles. The van der Waals surface area contributed by atoms with E-state index in [0.717, 1.165) is 0 Å². The third kappa shape index (κ3) is 4.36. The van der Waals surface area contributed by atoms with Gasteiger partial charge in [0.25, 0.3) is 0 Å². The predicted octanol–water partition coefficient (Wildman–Crippen LogP) is 4.04. The standard InChI is InChI=1S/C25H28O9/c1-29-16-7-13(8-17(30-2)23(16)26)22(14-9-18(31-3)24(27)19(10-14)32-4)15-11-20(33-5)25(28)21(12-15)34-6/h7-12,22,26-28H,1-6H3. The Kier molecular flexibility index (Phi) is 7.35. The van der Waals surface area contributed by atoms with Gasteiger partial charge in [-0.25, -0.2) is 0 Å². The molecule has 0 saturated heterocycles. The molecule has 0 atom stereocenters. The Hall–Kier alpha value is -4.14. The van der Waals surface area contributed by atoms with Crippen molar-refractivity contribution in [2.45, 2.75) is 5.92 Å². The van der Waals surface area contributed by atoms with Gasteiger partial charge in [0.05, 0.1) is 42.7 Å². The van der Waals surface area contributed by atoms with Crippen molar-refractivity contribution >= 4 is 0 Å². The summed E-state index contributed by atoms with van der Waals surface area (Å²) in [7, 11) is 8.62. The molecule has 0 aliphatic heterocycles. The number of phenols is 3. The summed E-state index contributed by atoms with van der Waals surface area (Å²) in [6.07, 6.45) is 0. The number of ether oxygens (including phenoxy) is 6. The van der Waals surface area contributed by atoms with Crippen molar-refractivity contribution in [1.82, 2.24) is 0 Å². The molecule has 0 saturated carbocycles. The van der Waals surface area contributed by atoms with Crippen LogP contribution in [0, 0.1) is 0 Å². The summed E-state index contributed by atoms with van der Waals surface area (Å²) in [6.45, 7) is 0. The maximum atomic E-state index is 10.4. The third-order valence-corrected chi connectivity index (χ3v) is 5.51. The Morgan fingerprint density at radius 3 is 0.735 bits per heavy atom. The molecule has 34 heavy (non-hydrogen) atoms. The van der Waals surface area contributed by atoms with Gasteiger partial charge in [-0.15, -0.1) is 0 Å². The zero-order chi connectivity index (χ0) is 25.0. The largest absolute Gasteiger partial charge is 0.502 e. The lowest BCUT2D eigenvalue weighted by atomic mass is 9.84. The lowest BCUT2D eigenvalue weighted by Gasteiger charge is -2.24. The first kappa shape index (κ1) is 24.5. The molecule has 3 rings (SSSR count). The fourth-order valence-corrected chi connectivity index (χ4v) is 3.82. The van der Waals surface area contributed by atoms with Gasteiger partial charge in [0, 0.05) is 5.92 Å². The lowest BCUT2D eigenvalue weighted by Crippen LogP contribution is -2.07. The summed E-state index contributed by atoms with van der Waals surface area (Å²) in [5, 5.41) is 31.3. The zero-order valence-corrected chi connectivity index (χ0v) is 19.8. The van der Waals surface area contributed by atoms with Gasteiger partial charge >= 0.3 is 0 Å². The second-order valence-corrected chi connectivity index (χ2v) is 7.26. The molecule has 0 aliphatic rings. The van der Waals surface area contributed by atoms with E-state index in [1.54, 1.807) is 36.4 Å². The third-order valence-electron chi connectivity index (χ3n) is 5.51. The van der Waals surface area contributed by atoms with Crippen molar-refractivity contribution < 1.29 is 43.7 Å². The molecule has 9 heteroatoms. The highest BCUT2D eigenvalue weighted by atomic mass is 16.5. The minimum Gasteiger partial charge on any atom is -0.502 e. The molecule has 3 aromatic rings. The van der Waals surface area contributed by atoms with Crippen molar-refractivity contribution in [3.8, 4) is 51.7 Å². The predicted molar refractivity (Wildman–Crippen MR) is 125 cm³/mol. The Morgan fingerprint density at radius 2 is 0.588 bits per heavy atom. The summed E-state index contributed by atoms with van der Waals surface area (Å²) in [6, 6.07) is 10.0. The Labute approximate surface area is 197 Å². The number of hydrogen-bond donors (Lipinski definition) is 3. The van der Waals surface area contributed by atoms with Crippen molar-refractivity contribution in [1.29, 1.82) is 0 Å². The molecule has 0 radical (unpaired) electrons. The van der Waals surface area contributed by atoms with Gasteiger partial charge in [0.2, 0.25) is 17.2 Å². The fourth-order valence-electron chi connectivity index (χ4n) is 3.82. The van der Waals surface area contributed by atoms with Crippen LogP contribution in [0.2, 0.25) is 0 Å². The van der Waals surface area contributed by atoms with Crippen LogP contribution in [0.1, 0.15) is 22.6 Å². The molecular weight excluding hydrogens is 444 g/mol. The van der Waals surface area contributed by atoms with Gasteiger partial charge in [0.15, 0.2) is 34.5 Å². The fraction of sp³-hybridized carbons (Fsp3) is 0.280. The van der Waals surface area contributed by atoms with E-state index >= 15 is 0 Å². The van der Waals surface area contributed by atoms with Crippen LogP contribution in [0.3, 0.4) is 0 Å². The molecule has 0 fully saturated rings. The monoisotopic (exact) mass is 472 g/mol. The lowest BCUT2D eigenvalue weighted by molar-refractivity contribution is 0.337. The van der Waals surface area contributed by atoms with Gasteiger partial charge in [-0.1, -0.05) is 0 Å². The van der Waals surface area contributed by atoms with E-state index in [2.05, 4.69) is 0 Å². The molecule has 0 bridgehead atoms. The van der Waals surface area contributed by atoms with Crippen molar-refractivity contribution in [3.63, 3.8) is 0 Å². The normalized spacial score (nSPS) is 10.7. The molecule has 9 nitrogen and oxygen atoms in total. The summed E-state index contributed by atoms with van der Waals surface area (Å²) in [4.78, 5) is 0. The summed E-state index contributed by atoms with van der Waals surface area (Å²) in [5.41, 5.74) is 1.99. The van der Waals surface area contributed by atoms with Crippen LogP contribution in [-0.4, -0.2) is 58.0 Å². The smallest absolute Gasteiger partial charge is 0.200 e. The highest BCUT2D eigenvalue weighted by molar-refractivity contribution is 5.62. The first-order valence-electron chi connectivity index (χ1n) is 10.2. The highest BCUT2D eigenvalue weighted by Crippen LogP contribution is 2.48. The van der Waals surface area contributed by atoms with E-state index in [1.165, 1.54) is 42.7 Å². The number of aromatic hydroxyl groups is 3. The van der Waals surface area contributed by atoms with E-state index in [0.29, 0.717) is 16.7 Å². The van der Waals surface area contributed by atoms with Gasteiger partial charge < -0.3 is 43.7 Å². The van der Waals surface area contributed by atoms with Crippen molar-refractivity contribution in [2.75, 3.05) is 42.7 Å². The summed E-state index contributed by atoms with van der Waals surface area (Å²) in [5.74, 6) is 0.242. The zero-order valence-electron chi connectivity index (χ0n) is 19.8. The molecule has 0 unspecified atom stereocenters. The Bertz CT molecular complexity index is 952. The van der Waals surface area contributed by atoms with E-state index in [-0.39, 0.29) is 51.7 Å². The van der Waals surface area contributed by atoms with E-state index < -0.39 is 5.92 Å². The van der Waals surface area contributed by atoms with Gasteiger partial charge in [-0.2, -0.15) is 0 Å². The van der Waals surface area contributed by atoms with Crippen LogP contribution in [0.25, 0.3) is 0 Å². The quantitative estimate of drug-likeness (QED) is 0.397. The van der Waals surface area contributed by atoms with Crippen LogP contribution in [0.15, 0.2) is 36.4 Å². The second kappa shape index (κ2) is 10.2. The van der Waals surface area contributed by atoms with Crippen LogP contribution in [0.5, 0.6) is 51.7 Å². The molecule has 0 aliphatic carbocycles. The second-order valence-electron chi connectivity index (χ2n) is 7.26. The van der Waals surface area contributed by atoms with E-state index in [1.807, 2.05) is 0 Å². The summed E-state index contributed by atoms with van der Waals surface area (Å²) < 4.78 is 32.2. The first-order valence-corrected chi connectivity index (χ1v) is 10.2. The van der Waals surface area contributed by atoms with E-state index in [9.17, 15) is 15.3 Å². The maximum Gasteiger partial charge on any atom is 0.200 e. The minimum absolute atomic E-state index is 0.144. The number of hydrogen-bond acceptors (Lipinski definition) is 9. The average molecular weight is 472 g/mol. The van der Waals surface area contributed by atoms with Crippen LogP contribution < -0.4 is 28.4 Å². The molecule has 0 amide bonds. The molecule has 3 N–H and O–H groups in total. The number of phenolic OH excluding ortho intramolecular Hbond substituents is 3. The minimum atomic E-state index is -0.546. The molecule has 0 heterocycles. The van der Waals surface area contributed by atoms with Gasteiger partial charge in [-0.3, -0.25) is 0 Å². The van der Waals surface area contributed by atoms with Crippen LogP contribution >= 0.6 is 0 Å².